The van der Waals surface area contributed by atoms with E-state index in [1.807, 2.05) is 43.3 Å². The van der Waals surface area contributed by atoms with Gasteiger partial charge >= 0.3 is 5.97 Å². The molecule has 2 N–H and O–H groups in total. The van der Waals surface area contributed by atoms with Crippen molar-refractivity contribution >= 4 is 5.97 Å². The Labute approximate surface area is 136 Å². The smallest absolute Gasteiger partial charge is 0.335 e. The van der Waals surface area contributed by atoms with Gasteiger partial charge in [0.15, 0.2) is 0 Å². The molecule has 0 atom stereocenters. The maximum Gasteiger partial charge on any atom is 0.335 e. The van der Waals surface area contributed by atoms with Crippen molar-refractivity contribution < 1.29 is 27.0 Å². The third-order valence-corrected chi connectivity index (χ3v) is 3.12. The molecule has 0 unspecified atom stereocenters. The van der Waals surface area contributed by atoms with E-state index in [1.165, 1.54) is 0 Å². The number of carboxylic acid groups (broad SMARTS) is 1. The maximum atomic E-state index is 10.8. The second-order valence-electron chi connectivity index (χ2n) is 4.65. The molecule has 22 heavy (non-hydrogen) atoms. The highest BCUT2D eigenvalue weighted by atomic mass is 35.5. The number of carboxylic acids is 1. The molecule has 0 saturated carbocycles. The number of para-hydroxylation sites is 1. The molecule has 2 aromatic carbocycles. The van der Waals surface area contributed by atoms with Gasteiger partial charge in [0, 0.05) is 18.7 Å². The molecule has 0 aliphatic heterocycles. The van der Waals surface area contributed by atoms with Gasteiger partial charge in [0.05, 0.1) is 12.2 Å². The molecule has 0 amide bonds. The maximum absolute atomic E-state index is 10.8. The van der Waals surface area contributed by atoms with E-state index in [4.69, 9.17) is 9.84 Å². The fourth-order valence-electron chi connectivity index (χ4n) is 2.05. The van der Waals surface area contributed by atoms with Crippen LogP contribution in [0.15, 0.2) is 48.5 Å². The van der Waals surface area contributed by atoms with Gasteiger partial charge in [-0.05, 0) is 30.7 Å². The molecule has 0 saturated heterocycles. The number of hydrogen-bond donors (Lipinski definition) is 2. The normalized spacial score (nSPS) is 9.86. The van der Waals surface area contributed by atoms with Gasteiger partial charge in [-0.2, -0.15) is 0 Å². The summed E-state index contributed by atoms with van der Waals surface area (Å²) >= 11 is 0. The Balaban J connectivity index is 0.00000242. The Hall–Kier alpha value is -2.04. The Morgan fingerprint density at radius 3 is 2.41 bits per heavy atom. The molecular weight excluding hydrogens is 302 g/mol. The third-order valence-electron chi connectivity index (χ3n) is 3.12. The van der Waals surface area contributed by atoms with E-state index < -0.39 is 5.97 Å². The number of ether oxygens (including phenoxy) is 1. The predicted molar refractivity (Wildman–Crippen MR) is 81.6 cm³/mol. The van der Waals surface area contributed by atoms with Crippen LogP contribution >= 0.6 is 0 Å². The lowest BCUT2D eigenvalue weighted by Gasteiger charge is -2.11. The minimum atomic E-state index is -0.903. The number of hydrogen-bond acceptors (Lipinski definition) is 3. The molecule has 0 radical (unpaired) electrons. The number of benzene rings is 2. The van der Waals surface area contributed by atoms with Gasteiger partial charge in [0.25, 0.3) is 0 Å². The minimum Gasteiger partial charge on any atom is -1.00 e. The summed E-state index contributed by atoms with van der Waals surface area (Å²) in [6.45, 7) is 4.00. The Bertz CT molecular complexity index is 599. The van der Waals surface area contributed by atoms with Gasteiger partial charge in [-0.25, -0.2) is 4.79 Å². The van der Waals surface area contributed by atoms with Crippen LogP contribution in [0.2, 0.25) is 0 Å². The van der Waals surface area contributed by atoms with Crippen LogP contribution in [0.3, 0.4) is 0 Å². The summed E-state index contributed by atoms with van der Waals surface area (Å²) < 4.78 is 5.58. The van der Waals surface area contributed by atoms with E-state index in [2.05, 4.69) is 5.32 Å². The summed E-state index contributed by atoms with van der Waals surface area (Å²) in [5, 5.41) is 12.2. The fraction of sp³-hybridized carbons (Fsp3) is 0.235. The highest BCUT2D eigenvalue weighted by Crippen LogP contribution is 2.17. The molecule has 0 aliphatic carbocycles. The lowest BCUT2D eigenvalue weighted by molar-refractivity contribution is -0.0000203. The molecule has 0 heterocycles. The highest BCUT2D eigenvalue weighted by Gasteiger charge is 2.03. The first-order valence-corrected chi connectivity index (χ1v) is 6.94. The monoisotopic (exact) mass is 320 g/mol. The molecule has 2 rings (SSSR count). The first-order valence-electron chi connectivity index (χ1n) is 6.94. The summed E-state index contributed by atoms with van der Waals surface area (Å²) in [6, 6.07) is 14.8. The number of aromatic carboxylic acids is 1. The van der Waals surface area contributed by atoms with Crippen LogP contribution in [-0.2, 0) is 13.1 Å². The van der Waals surface area contributed by atoms with Crippen molar-refractivity contribution in [2.45, 2.75) is 20.0 Å². The topological polar surface area (TPSA) is 58.6 Å². The Kier molecular flexibility index (Phi) is 7.43. The van der Waals surface area contributed by atoms with Crippen molar-refractivity contribution in [2.75, 3.05) is 6.61 Å². The second-order valence-corrected chi connectivity index (χ2v) is 4.65. The molecule has 0 bridgehead atoms. The molecule has 118 valence electrons. The second kappa shape index (κ2) is 9.07. The predicted octanol–water partition coefficient (Wildman–Crippen LogP) is 0.0773. The molecular formula is C17H19ClNO3-. The fourth-order valence-corrected chi connectivity index (χ4v) is 2.05. The summed E-state index contributed by atoms with van der Waals surface area (Å²) in [6.07, 6.45) is 0. The van der Waals surface area contributed by atoms with Crippen molar-refractivity contribution in [2.24, 2.45) is 0 Å². The van der Waals surface area contributed by atoms with Crippen molar-refractivity contribution in [3.05, 3.63) is 65.2 Å². The summed E-state index contributed by atoms with van der Waals surface area (Å²) in [7, 11) is 0. The zero-order valence-corrected chi connectivity index (χ0v) is 13.1. The quantitative estimate of drug-likeness (QED) is 0.758. The number of rotatable bonds is 7. The molecule has 2 aromatic rings. The van der Waals surface area contributed by atoms with Crippen LogP contribution in [0.25, 0.3) is 0 Å². The van der Waals surface area contributed by atoms with Crippen molar-refractivity contribution in [3.8, 4) is 5.75 Å². The van der Waals surface area contributed by atoms with Crippen LogP contribution in [0, 0.1) is 0 Å². The first-order chi connectivity index (χ1) is 10.2. The molecule has 5 heteroatoms. The lowest BCUT2D eigenvalue weighted by atomic mass is 10.1. The summed E-state index contributed by atoms with van der Waals surface area (Å²) in [5.74, 6) is -0.00567. The van der Waals surface area contributed by atoms with Crippen LogP contribution in [-0.4, -0.2) is 17.7 Å². The van der Waals surface area contributed by atoms with Gasteiger partial charge in [0.2, 0.25) is 0 Å². The largest absolute Gasteiger partial charge is 1.00 e. The number of halogens is 1. The third kappa shape index (κ3) is 5.06. The summed E-state index contributed by atoms with van der Waals surface area (Å²) in [5.41, 5.74) is 2.47. The molecule has 4 nitrogen and oxygen atoms in total. The van der Waals surface area contributed by atoms with Gasteiger partial charge in [-0.3, -0.25) is 0 Å². The van der Waals surface area contributed by atoms with Crippen LogP contribution < -0.4 is 22.5 Å². The average molecular weight is 321 g/mol. The van der Waals surface area contributed by atoms with Gasteiger partial charge in [-0.15, -0.1) is 0 Å². The molecule has 0 spiro atoms. The van der Waals surface area contributed by atoms with Crippen LogP contribution in [0.4, 0.5) is 0 Å². The molecule has 0 aliphatic rings. The number of nitrogens with one attached hydrogen (secondary N) is 1. The standard InChI is InChI=1S/C17H19NO3.ClH/c1-2-21-16-6-4-3-5-15(16)12-18-11-13-7-9-14(10-8-13)17(19)20;/h3-10,18H,2,11-12H2,1H3,(H,19,20);1H/p-1. The highest BCUT2D eigenvalue weighted by molar-refractivity contribution is 5.87. The van der Waals surface area contributed by atoms with Crippen LogP contribution in [0.5, 0.6) is 5.75 Å². The lowest BCUT2D eigenvalue weighted by Crippen LogP contribution is -3.00. The van der Waals surface area contributed by atoms with Crippen molar-refractivity contribution in [3.63, 3.8) is 0 Å². The van der Waals surface area contributed by atoms with Gasteiger partial charge in [0.1, 0.15) is 5.75 Å². The first kappa shape index (κ1) is 18.0. The zero-order chi connectivity index (χ0) is 15.1. The zero-order valence-electron chi connectivity index (χ0n) is 12.4. The van der Waals surface area contributed by atoms with E-state index in [0.717, 1.165) is 16.9 Å². The average Bonchev–Trinajstić information content (AvgIpc) is 2.50. The van der Waals surface area contributed by atoms with E-state index in [9.17, 15) is 4.79 Å². The number of carbonyl (C=O) groups is 1. The Morgan fingerprint density at radius 2 is 1.77 bits per heavy atom. The van der Waals surface area contributed by atoms with Gasteiger partial charge in [-0.1, -0.05) is 30.3 Å². The van der Waals surface area contributed by atoms with E-state index in [-0.39, 0.29) is 12.4 Å². The van der Waals surface area contributed by atoms with Crippen molar-refractivity contribution in [1.29, 1.82) is 0 Å². The van der Waals surface area contributed by atoms with Crippen LogP contribution in [0.1, 0.15) is 28.4 Å². The Morgan fingerprint density at radius 1 is 1.09 bits per heavy atom. The molecule has 0 fully saturated rings. The van der Waals surface area contributed by atoms with E-state index >= 15 is 0 Å². The summed E-state index contributed by atoms with van der Waals surface area (Å²) in [4.78, 5) is 10.8. The van der Waals surface area contributed by atoms with Gasteiger partial charge < -0.3 is 27.6 Å². The molecule has 0 aromatic heterocycles. The van der Waals surface area contributed by atoms with E-state index in [0.29, 0.717) is 25.3 Å². The minimum absolute atomic E-state index is 0. The SMILES string of the molecule is CCOc1ccccc1CNCc1ccc(C(=O)O)cc1.[Cl-]. The van der Waals surface area contributed by atoms with Crippen molar-refractivity contribution in [1.82, 2.24) is 5.32 Å². The van der Waals surface area contributed by atoms with E-state index in [1.54, 1.807) is 12.1 Å².